The van der Waals surface area contributed by atoms with E-state index in [9.17, 15) is 4.79 Å². The highest BCUT2D eigenvalue weighted by molar-refractivity contribution is 7.99. The molecular weight excluding hydrogens is 361 g/mol. The molecule has 0 radical (unpaired) electrons. The van der Waals surface area contributed by atoms with E-state index < -0.39 is 0 Å². The van der Waals surface area contributed by atoms with Crippen molar-refractivity contribution in [2.24, 2.45) is 0 Å². The first-order chi connectivity index (χ1) is 10.5. The molecule has 1 N–H and O–H groups in total. The second-order valence-electron chi connectivity index (χ2n) is 4.67. The minimum Gasteiger partial charge on any atom is -0.323 e. The van der Waals surface area contributed by atoms with Crippen LogP contribution >= 0.6 is 46.6 Å². The van der Waals surface area contributed by atoms with E-state index in [1.165, 1.54) is 5.56 Å². The average Bonchev–Trinajstić information content (AvgIpc) is 2.49. The van der Waals surface area contributed by atoms with Crippen molar-refractivity contribution < 1.29 is 4.79 Å². The largest absolute Gasteiger partial charge is 0.323 e. The summed E-state index contributed by atoms with van der Waals surface area (Å²) in [6.45, 7) is 1.85. The summed E-state index contributed by atoms with van der Waals surface area (Å²) >= 11 is 19.5. The van der Waals surface area contributed by atoms with Gasteiger partial charge in [0.1, 0.15) is 0 Å². The van der Waals surface area contributed by atoms with E-state index in [-0.39, 0.29) is 11.2 Å². The van der Waals surface area contributed by atoms with Crippen LogP contribution in [0.5, 0.6) is 0 Å². The number of hydrogen-bond donors (Lipinski definition) is 1. The van der Waals surface area contributed by atoms with E-state index >= 15 is 0 Å². The van der Waals surface area contributed by atoms with Crippen LogP contribution in [0.4, 0.5) is 5.69 Å². The summed E-state index contributed by atoms with van der Waals surface area (Å²) in [5.74, 6) is 0.615. The number of carbonyl (C=O) groups is 1. The zero-order chi connectivity index (χ0) is 16.1. The van der Waals surface area contributed by atoms with Crippen LogP contribution in [0.1, 0.15) is 12.5 Å². The Morgan fingerprint density at radius 1 is 1.14 bits per heavy atom. The molecule has 2 nitrogen and oxygen atoms in total. The molecular formula is C16H14Cl3NOS. The number of benzene rings is 2. The Hall–Kier alpha value is -0.870. The van der Waals surface area contributed by atoms with Gasteiger partial charge in [-0.05, 0) is 24.6 Å². The highest BCUT2D eigenvalue weighted by Crippen LogP contribution is 2.34. The van der Waals surface area contributed by atoms with Crippen LogP contribution in [0.15, 0.2) is 42.5 Å². The van der Waals surface area contributed by atoms with Gasteiger partial charge in [-0.25, -0.2) is 0 Å². The molecule has 2 aromatic rings. The molecule has 2 rings (SSSR count). The fraction of sp³-hybridized carbons (Fsp3) is 0.188. The average molecular weight is 375 g/mol. The van der Waals surface area contributed by atoms with E-state index in [2.05, 4.69) is 5.32 Å². The van der Waals surface area contributed by atoms with Crippen molar-refractivity contribution in [1.82, 2.24) is 0 Å². The van der Waals surface area contributed by atoms with E-state index in [0.29, 0.717) is 20.8 Å². The summed E-state index contributed by atoms with van der Waals surface area (Å²) in [4.78, 5) is 12.2. The van der Waals surface area contributed by atoms with Gasteiger partial charge >= 0.3 is 0 Å². The molecule has 0 aliphatic heterocycles. The quantitative estimate of drug-likeness (QED) is 0.705. The van der Waals surface area contributed by atoms with Crippen LogP contribution in [0.2, 0.25) is 15.1 Å². The third-order valence-electron chi connectivity index (χ3n) is 2.97. The van der Waals surface area contributed by atoms with E-state index in [1.807, 2.05) is 37.3 Å². The number of halogens is 3. The molecule has 0 saturated heterocycles. The number of amides is 1. The monoisotopic (exact) mass is 373 g/mol. The van der Waals surface area contributed by atoms with Crippen molar-refractivity contribution in [2.75, 3.05) is 5.32 Å². The third-order valence-corrected chi connectivity index (χ3v) is 5.00. The molecule has 0 aliphatic carbocycles. The minimum absolute atomic E-state index is 0.146. The van der Waals surface area contributed by atoms with Gasteiger partial charge in [0.2, 0.25) is 5.91 Å². The summed E-state index contributed by atoms with van der Waals surface area (Å²) in [5, 5.41) is 3.61. The van der Waals surface area contributed by atoms with E-state index in [4.69, 9.17) is 34.8 Å². The second-order valence-corrected chi connectivity index (χ2v) is 7.25. The Bertz CT molecular complexity index is 641. The number of carbonyl (C=O) groups excluding carboxylic acids is 1. The molecule has 0 aliphatic rings. The lowest BCUT2D eigenvalue weighted by Crippen LogP contribution is -2.23. The number of rotatable bonds is 5. The Kier molecular flexibility index (Phi) is 6.45. The lowest BCUT2D eigenvalue weighted by molar-refractivity contribution is -0.115. The van der Waals surface area contributed by atoms with Gasteiger partial charge in [-0.1, -0.05) is 65.1 Å². The molecule has 6 heteroatoms. The maximum Gasteiger partial charge on any atom is 0.237 e. The SMILES string of the molecule is CC(SCc1ccccc1)C(=O)Nc1c(Cl)cc(Cl)cc1Cl. The highest BCUT2D eigenvalue weighted by atomic mass is 35.5. The van der Waals surface area contributed by atoms with Gasteiger partial charge in [-0.15, -0.1) is 11.8 Å². The van der Waals surface area contributed by atoms with Crippen LogP contribution in [-0.4, -0.2) is 11.2 Å². The van der Waals surface area contributed by atoms with Gasteiger partial charge in [0.05, 0.1) is 21.0 Å². The standard InChI is InChI=1S/C16H14Cl3NOS/c1-10(22-9-11-5-3-2-4-6-11)16(21)20-15-13(18)7-12(17)8-14(15)19/h2-8,10H,9H2,1H3,(H,20,21). The smallest absolute Gasteiger partial charge is 0.237 e. The summed E-state index contributed by atoms with van der Waals surface area (Å²) in [6, 6.07) is 13.1. The molecule has 0 heterocycles. The lowest BCUT2D eigenvalue weighted by Gasteiger charge is -2.14. The number of nitrogens with one attached hydrogen (secondary N) is 1. The summed E-state index contributed by atoms with van der Waals surface area (Å²) in [6.07, 6.45) is 0. The highest BCUT2D eigenvalue weighted by Gasteiger charge is 2.17. The molecule has 22 heavy (non-hydrogen) atoms. The summed E-state index contributed by atoms with van der Waals surface area (Å²) in [7, 11) is 0. The van der Waals surface area contributed by atoms with Gasteiger partial charge < -0.3 is 5.32 Å². The van der Waals surface area contributed by atoms with Crippen LogP contribution in [0, 0.1) is 0 Å². The molecule has 1 unspecified atom stereocenters. The third kappa shape index (κ3) is 4.82. The summed E-state index contributed by atoms with van der Waals surface area (Å²) < 4.78 is 0. The minimum atomic E-state index is -0.233. The van der Waals surface area contributed by atoms with Crippen LogP contribution in [0.25, 0.3) is 0 Å². The Labute approximate surface area is 149 Å². The van der Waals surface area contributed by atoms with Gasteiger partial charge in [0.15, 0.2) is 0 Å². The van der Waals surface area contributed by atoms with Crippen LogP contribution < -0.4 is 5.32 Å². The van der Waals surface area contributed by atoms with E-state index in [1.54, 1.807) is 23.9 Å². The number of hydrogen-bond acceptors (Lipinski definition) is 2. The predicted octanol–water partition coefficient (Wildman–Crippen LogP) is 5.91. The van der Waals surface area contributed by atoms with Crippen molar-refractivity contribution in [1.29, 1.82) is 0 Å². The maximum absolute atomic E-state index is 12.2. The van der Waals surface area contributed by atoms with Crippen molar-refractivity contribution in [2.45, 2.75) is 17.9 Å². The topological polar surface area (TPSA) is 29.1 Å². The van der Waals surface area contributed by atoms with Crippen molar-refractivity contribution >= 4 is 58.2 Å². The first-order valence-electron chi connectivity index (χ1n) is 6.58. The Morgan fingerprint density at radius 3 is 2.32 bits per heavy atom. The first-order valence-corrected chi connectivity index (χ1v) is 8.76. The van der Waals surface area contributed by atoms with Crippen molar-refractivity contribution in [3.8, 4) is 0 Å². The molecule has 0 spiro atoms. The van der Waals surface area contributed by atoms with Crippen LogP contribution in [-0.2, 0) is 10.5 Å². The fourth-order valence-corrected chi connectivity index (χ4v) is 3.51. The molecule has 0 fully saturated rings. The molecule has 1 amide bonds. The fourth-order valence-electron chi connectivity index (χ4n) is 1.76. The normalized spacial score (nSPS) is 12.0. The van der Waals surface area contributed by atoms with Gasteiger partial charge in [0, 0.05) is 10.8 Å². The molecule has 0 aromatic heterocycles. The molecule has 116 valence electrons. The van der Waals surface area contributed by atoms with Crippen LogP contribution in [0.3, 0.4) is 0 Å². The van der Waals surface area contributed by atoms with Gasteiger partial charge in [-0.3, -0.25) is 4.79 Å². The Balaban J connectivity index is 1.97. The summed E-state index contributed by atoms with van der Waals surface area (Å²) in [5.41, 5.74) is 1.57. The van der Waals surface area contributed by atoms with Gasteiger partial charge in [0.25, 0.3) is 0 Å². The lowest BCUT2D eigenvalue weighted by atomic mass is 10.2. The predicted molar refractivity (Wildman–Crippen MR) is 97.3 cm³/mol. The van der Waals surface area contributed by atoms with Crippen molar-refractivity contribution in [3.05, 3.63) is 63.1 Å². The zero-order valence-electron chi connectivity index (χ0n) is 11.8. The molecule has 0 bridgehead atoms. The Morgan fingerprint density at radius 2 is 1.73 bits per heavy atom. The molecule has 0 saturated carbocycles. The number of anilines is 1. The van der Waals surface area contributed by atoms with E-state index in [0.717, 1.165) is 5.75 Å². The van der Waals surface area contributed by atoms with Crippen molar-refractivity contribution in [3.63, 3.8) is 0 Å². The molecule has 1 atom stereocenters. The second kappa shape index (κ2) is 8.11. The first kappa shape index (κ1) is 17.5. The molecule has 2 aromatic carbocycles. The van der Waals surface area contributed by atoms with Gasteiger partial charge in [-0.2, -0.15) is 0 Å². The zero-order valence-corrected chi connectivity index (χ0v) is 14.9. The maximum atomic E-state index is 12.2. The number of thioether (sulfide) groups is 1.